The second kappa shape index (κ2) is 8.96. The van der Waals surface area contributed by atoms with Crippen molar-refractivity contribution in [3.05, 3.63) is 46.7 Å². The minimum atomic E-state index is -3.96. The molecule has 1 saturated carbocycles. The van der Waals surface area contributed by atoms with Crippen molar-refractivity contribution in [1.82, 2.24) is 9.97 Å². The van der Waals surface area contributed by atoms with Crippen LogP contribution in [-0.4, -0.2) is 44.3 Å². The number of ether oxygens (including phenoxy) is 1. The highest BCUT2D eigenvalue weighted by molar-refractivity contribution is 7.90. The SMILES string of the molecule is CS(=O)(=O)c1c(F)cc(COC[C@@H]2C[C@@H]2C2CCN(c3ncc(Cl)cn3)CC2)cc1F. The van der Waals surface area contributed by atoms with Gasteiger partial charge in [-0.1, -0.05) is 11.6 Å². The average Bonchev–Trinajstić information content (AvgIpc) is 3.47. The Bertz CT molecular complexity index is 1020. The molecular weight excluding hydrogens is 448 g/mol. The van der Waals surface area contributed by atoms with E-state index in [0.29, 0.717) is 35.3 Å². The average molecular weight is 472 g/mol. The normalized spacial score (nSPS) is 22.0. The van der Waals surface area contributed by atoms with Gasteiger partial charge in [0.2, 0.25) is 5.95 Å². The lowest BCUT2D eigenvalue weighted by atomic mass is 9.91. The second-order valence-corrected chi connectivity index (χ2v) is 10.8. The van der Waals surface area contributed by atoms with Crippen molar-refractivity contribution in [2.24, 2.45) is 17.8 Å². The molecule has 4 rings (SSSR count). The van der Waals surface area contributed by atoms with Crippen LogP contribution in [0.4, 0.5) is 14.7 Å². The third kappa shape index (κ3) is 5.32. The molecule has 1 aromatic carbocycles. The van der Waals surface area contributed by atoms with Crippen LogP contribution in [0.3, 0.4) is 0 Å². The molecule has 1 aliphatic heterocycles. The van der Waals surface area contributed by atoms with Crippen LogP contribution in [0.1, 0.15) is 24.8 Å². The number of sulfone groups is 1. The van der Waals surface area contributed by atoms with Gasteiger partial charge < -0.3 is 9.64 Å². The molecule has 2 aliphatic rings. The molecule has 1 aliphatic carbocycles. The molecule has 0 radical (unpaired) electrons. The summed E-state index contributed by atoms with van der Waals surface area (Å²) in [6, 6.07) is 2.05. The van der Waals surface area contributed by atoms with Gasteiger partial charge in [-0.05, 0) is 54.7 Å². The van der Waals surface area contributed by atoms with E-state index in [1.165, 1.54) is 0 Å². The molecular formula is C21H24ClF2N3O3S. The monoisotopic (exact) mass is 471 g/mol. The van der Waals surface area contributed by atoms with E-state index in [4.69, 9.17) is 16.3 Å². The fourth-order valence-electron chi connectivity index (χ4n) is 4.41. The lowest BCUT2D eigenvalue weighted by molar-refractivity contribution is 0.103. The van der Waals surface area contributed by atoms with Gasteiger partial charge in [0.25, 0.3) is 0 Å². The van der Waals surface area contributed by atoms with E-state index in [-0.39, 0.29) is 12.2 Å². The molecule has 6 nitrogen and oxygen atoms in total. The molecule has 31 heavy (non-hydrogen) atoms. The number of benzene rings is 1. The molecule has 0 spiro atoms. The van der Waals surface area contributed by atoms with E-state index in [2.05, 4.69) is 14.9 Å². The summed E-state index contributed by atoms with van der Waals surface area (Å²) >= 11 is 5.84. The summed E-state index contributed by atoms with van der Waals surface area (Å²) in [5, 5.41) is 0.524. The Morgan fingerprint density at radius 2 is 1.77 bits per heavy atom. The fourth-order valence-corrected chi connectivity index (χ4v) is 5.34. The highest BCUT2D eigenvalue weighted by atomic mass is 35.5. The first-order chi connectivity index (χ1) is 14.7. The maximum atomic E-state index is 14.0. The van der Waals surface area contributed by atoms with Crippen LogP contribution in [0.25, 0.3) is 0 Å². The van der Waals surface area contributed by atoms with Crippen molar-refractivity contribution < 1.29 is 21.9 Å². The number of anilines is 1. The molecule has 0 bridgehead atoms. The smallest absolute Gasteiger partial charge is 0.225 e. The lowest BCUT2D eigenvalue weighted by Gasteiger charge is -2.32. The van der Waals surface area contributed by atoms with Crippen LogP contribution < -0.4 is 4.90 Å². The maximum Gasteiger partial charge on any atom is 0.225 e. The van der Waals surface area contributed by atoms with Gasteiger partial charge in [-0.2, -0.15) is 0 Å². The molecule has 1 saturated heterocycles. The Morgan fingerprint density at radius 3 is 2.35 bits per heavy atom. The topological polar surface area (TPSA) is 72.4 Å². The number of rotatable bonds is 7. The highest BCUT2D eigenvalue weighted by Crippen LogP contribution is 2.48. The first-order valence-electron chi connectivity index (χ1n) is 10.2. The van der Waals surface area contributed by atoms with Crippen LogP contribution in [0, 0.1) is 29.4 Å². The zero-order valence-electron chi connectivity index (χ0n) is 17.1. The van der Waals surface area contributed by atoms with Crippen molar-refractivity contribution >= 4 is 27.4 Å². The molecule has 2 aromatic rings. The predicted octanol–water partition coefficient (Wildman–Crippen LogP) is 3.88. The van der Waals surface area contributed by atoms with E-state index < -0.39 is 26.4 Å². The number of hydrogen-bond acceptors (Lipinski definition) is 6. The predicted molar refractivity (Wildman–Crippen MR) is 113 cm³/mol. The summed E-state index contributed by atoms with van der Waals surface area (Å²) in [6.07, 6.45) is 7.23. The molecule has 2 fully saturated rings. The summed E-state index contributed by atoms with van der Waals surface area (Å²) in [5.41, 5.74) is 0.288. The molecule has 0 unspecified atom stereocenters. The van der Waals surface area contributed by atoms with Crippen LogP contribution in [0.15, 0.2) is 29.4 Å². The van der Waals surface area contributed by atoms with Crippen LogP contribution >= 0.6 is 11.6 Å². The largest absolute Gasteiger partial charge is 0.376 e. The third-order valence-electron chi connectivity index (χ3n) is 6.04. The van der Waals surface area contributed by atoms with E-state index in [0.717, 1.165) is 50.7 Å². The minimum Gasteiger partial charge on any atom is -0.376 e. The van der Waals surface area contributed by atoms with Gasteiger partial charge in [0.15, 0.2) is 9.84 Å². The van der Waals surface area contributed by atoms with Crippen LogP contribution in [-0.2, 0) is 21.2 Å². The van der Waals surface area contributed by atoms with E-state index >= 15 is 0 Å². The third-order valence-corrected chi connectivity index (χ3v) is 7.37. The maximum absolute atomic E-state index is 14.0. The molecule has 168 valence electrons. The molecule has 10 heteroatoms. The summed E-state index contributed by atoms with van der Waals surface area (Å²) in [7, 11) is -3.96. The van der Waals surface area contributed by atoms with Crippen molar-refractivity contribution in [3.63, 3.8) is 0 Å². The van der Waals surface area contributed by atoms with Crippen molar-refractivity contribution in [2.75, 3.05) is 30.9 Å². The van der Waals surface area contributed by atoms with Crippen molar-refractivity contribution in [1.29, 1.82) is 0 Å². The van der Waals surface area contributed by atoms with Crippen molar-refractivity contribution in [3.8, 4) is 0 Å². The number of piperidine rings is 1. The van der Waals surface area contributed by atoms with Gasteiger partial charge in [-0.3, -0.25) is 0 Å². The number of halogens is 3. The lowest BCUT2D eigenvalue weighted by Crippen LogP contribution is -2.35. The second-order valence-electron chi connectivity index (χ2n) is 8.36. The summed E-state index contributed by atoms with van der Waals surface area (Å²) in [4.78, 5) is 9.83. The Morgan fingerprint density at radius 1 is 1.16 bits per heavy atom. The minimum absolute atomic E-state index is 0.0491. The Hall–Kier alpha value is -1.84. The Balaban J connectivity index is 1.22. The Labute approximate surface area is 185 Å². The molecule has 0 N–H and O–H groups in total. The van der Waals surface area contributed by atoms with E-state index in [9.17, 15) is 17.2 Å². The molecule has 2 atom stereocenters. The Kier molecular flexibility index (Phi) is 6.46. The molecule has 2 heterocycles. The zero-order valence-corrected chi connectivity index (χ0v) is 18.7. The van der Waals surface area contributed by atoms with Gasteiger partial charge in [-0.15, -0.1) is 0 Å². The van der Waals surface area contributed by atoms with Gasteiger partial charge >= 0.3 is 0 Å². The van der Waals surface area contributed by atoms with Gasteiger partial charge in [-0.25, -0.2) is 27.2 Å². The van der Waals surface area contributed by atoms with Gasteiger partial charge in [0, 0.05) is 19.3 Å². The van der Waals surface area contributed by atoms with Gasteiger partial charge in [0.05, 0.1) is 30.6 Å². The highest BCUT2D eigenvalue weighted by Gasteiger charge is 2.43. The summed E-state index contributed by atoms with van der Waals surface area (Å²) < 4.78 is 56.6. The molecule has 0 amide bonds. The van der Waals surface area contributed by atoms with Crippen molar-refractivity contribution in [2.45, 2.75) is 30.8 Å². The summed E-state index contributed by atoms with van der Waals surface area (Å²) in [6.45, 7) is 2.39. The van der Waals surface area contributed by atoms with Crippen LogP contribution in [0.5, 0.6) is 0 Å². The quantitative estimate of drug-likeness (QED) is 0.610. The number of aromatic nitrogens is 2. The number of hydrogen-bond donors (Lipinski definition) is 0. The van der Waals surface area contributed by atoms with Crippen LogP contribution in [0.2, 0.25) is 5.02 Å². The van der Waals surface area contributed by atoms with E-state index in [1.54, 1.807) is 12.4 Å². The zero-order chi connectivity index (χ0) is 22.2. The van der Waals surface area contributed by atoms with Gasteiger partial charge in [0.1, 0.15) is 16.5 Å². The summed E-state index contributed by atoms with van der Waals surface area (Å²) in [5.74, 6) is 0.229. The standard InChI is InChI=1S/C21H24ClF2N3O3S/c1-31(28,29)20-18(23)6-13(7-19(20)24)11-30-12-15-8-17(15)14-2-4-27(5-3-14)21-25-9-16(22)10-26-21/h6-7,9-10,14-15,17H,2-5,8,11-12H2,1H3/t15-,17+/m0/s1. The molecule has 1 aromatic heterocycles. The number of nitrogens with zero attached hydrogens (tertiary/aromatic N) is 3. The fraction of sp³-hybridized carbons (Fsp3) is 0.524. The van der Waals surface area contributed by atoms with E-state index in [1.807, 2.05) is 0 Å². The first kappa shape index (κ1) is 22.4. The first-order valence-corrected chi connectivity index (χ1v) is 12.5.